The zero-order valence-electron chi connectivity index (χ0n) is 18.3. The van der Waals surface area contributed by atoms with Crippen LogP contribution in [0.25, 0.3) is 11.3 Å². The molecule has 0 aliphatic carbocycles. The third-order valence-corrected chi connectivity index (χ3v) is 5.20. The summed E-state index contributed by atoms with van der Waals surface area (Å²) in [7, 11) is 3.18. The number of amides is 1. The van der Waals surface area contributed by atoms with Gasteiger partial charge in [0.25, 0.3) is 5.91 Å². The molecule has 0 aliphatic rings. The van der Waals surface area contributed by atoms with E-state index in [4.69, 9.17) is 14.0 Å². The number of carbonyl (C=O) groups is 1. The van der Waals surface area contributed by atoms with Crippen LogP contribution in [-0.4, -0.2) is 30.2 Å². The summed E-state index contributed by atoms with van der Waals surface area (Å²) in [5, 5.41) is 4.15. The largest absolute Gasteiger partial charge is 0.497 e. The Labute approximate surface area is 191 Å². The highest BCUT2D eigenvalue weighted by Crippen LogP contribution is 2.24. The molecule has 1 amide bonds. The Kier molecular flexibility index (Phi) is 6.69. The minimum atomic E-state index is -0.326. The van der Waals surface area contributed by atoms with Gasteiger partial charge in [-0.25, -0.2) is 4.39 Å². The Morgan fingerprint density at radius 3 is 2.09 bits per heavy atom. The SMILES string of the molecule is COc1ccc(C(=O)N(Cc2ccc(F)cc2)Cc2cc(-c3ccc(OC)cc3)on2)cc1. The van der Waals surface area contributed by atoms with E-state index in [2.05, 4.69) is 5.16 Å². The molecule has 0 aliphatic heterocycles. The van der Waals surface area contributed by atoms with Crippen LogP contribution >= 0.6 is 0 Å². The molecule has 7 heteroatoms. The zero-order valence-corrected chi connectivity index (χ0v) is 18.3. The number of aromatic nitrogens is 1. The minimum absolute atomic E-state index is 0.184. The summed E-state index contributed by atoms with van der Waals surface area (Å²) in [4.78, 5) is 14.9. The van der Waals surface area contributed by atoms with Crippen LogP contribution in [0.5, 0.6) is 11.5 Å². The Bertz CT molecular complexity index is 1200. The molecular weight excluding hydrogens is 423 g/mol. The molecule has 0 saturated carbocycles. The average molecular weight is 446 g/mol. The van der Waals surface area contributed by atoms with E-state index in [1.807, 2.05) is 24.3 Å². The Morgan fingerprint density at radius 2 is 1.48 bits per heavy atom. The lowest BCUT2D eigenvalue weighted by Gasteiger charge is -2.22. The minimum Gasteiger partial charge on any atom is -0.497 e. The van der Waals surface area contributed by atoms with E-state index < -0.39 is 0 Å². The van der Waals surface area contributed by atoms with Gasteiger partial charge in [0, 0.05) is 23.7 Å². The predicted molar refractivity (Wildman–Crippen MR) is 121 cm³/mol. The molecule has 0 unspecified atom stereocenters. The number of halogens is 1. The maximum Gasteiger partial charge on any atom is 0.254 e. The summed E-state index contributed by atoms with van der Waals surface area (Å²) in [6, 6.07) is 22.2. The van der Waals surface area contributed by atoms with Crippen molar-refractivity contribution in [1.29, 1.82) is 0 Å². The highest BCUT2D eigenvalue weighted by atomic mass is 19.1. The normalized spacial score (nSPS) is 10.6. The second-order valence-corrected chi connectivity index (χ2v) is 7.43. The molecule has 1 heterocycles. The lowest BCUT2D eigenvalue weighted by molar-refractivity contribution is 0.0726. The van der Waals surface area contributed by atoms with Gasteiger partial charge in [-0.05, 0) is 66.2 Å². The van der Waals surface area contributed by atoms with Gasteiger partial charge in [0.2, 0.25) is 0 Å². The summed E-state index contributed by atoms with van der Waals surface area (Å²) in [6.45, 7) is 0.512. The fourth-order valence-corrected chi connectivity index (χ4v) is 3.40. The summed E-state index contributed by atoms with van der Waals surface area (Å²) in [5.41, 5.74) is 2.76. The van der Waals surface area contributed by atoms with Crippen molar-refractivity contribution in [2.75, 3.05) is 14.2 Å². The van der Waals surface area contributed by atoms with Crippen LogP contribution in [0.1, 0.15) is 21.6 Å². The van der Waals surface area contributed by atoms with Gasteiger partial charge < -0.3 is 18.9 Å². The fourth-order valence-electron chi connectivity index (χ4n) is 3.40. The van der Waals surface area contributed by atoms with Crippen molar-refractivity contribution in [3.05, 3.63) is 102 Å². The predicted octanol–water partition coefficient (Wildman–Crippen LogP) is 5.34. The maximum absolute atomic E-state index is 13.4. The quantitative estimate of drug-likeness (QED) is 0.366. The van der Waals surface area contributed by atoms with Crippen molar-refractivity contribution in [1.82, 2.24) is 10.1 Å². The molecule has 0 atom stereocenters. The van der Waals surface area contributed by atoms with Gasteiger partial charge in [-0.15, -0.1) is 0 Å². The molecule has 3 aromatic carbocycles. The number of rotatable bonds is 8. The molecule has 33 heavy (non-hydrogen) atoms. The van der Waals surface area contributed by atoms with E-state index in [1.54, 1.807) is 61.6 Å². The lowest BCUT2D eigenvalue weighted by Crippen LogP contribution is -2.30. The number of nitrogens with zero attached hydrogens (tertiary/aromatic N) is 2. The first-order chi connectivity index (χ1) is 16.1. The summed E-state index contributed by atoms with van der Waals surface area (Å²) < 4.78 is 29.2. The first-order valence-electron chi connectivity index (χ1n) is 10.3. The van der Waals surface area contributed by atoms with Crippen LogP contribution in [0.3, 0.4) is 0 Å². The van der Waals surface area contributed by atoms with E-state index in [0.29, 0.717) is 22.8 Å². The van der Waals surface area contributed by atoms with Gasteiger partial charge in [-0.1, -0.05) is 17.3 Å². The van der Waals surface area contributed by atoms with Crippen LogP contribution in [0, 0.1) is 5.82 Å². The zero-order chi connectivity index (χ0) is 23.2. The third kappa shape index (κ3) is 5.38. The summed E-state index contributed by atoms with van der Waals surface area (Å²) >= 11 is 0. The van der Waals surface area contributed by atoms with Crippen LogP contribution in [0.4, 0.5) is 4.39 Å². The van der Waals surface area contributed by atoms with Gasteiger partial charge in [0.15, 0.2) is 5.76 Å². The molecule has 4 aromatic rings. The number of hydrogen-bond acceptors (Lipinski definition) is 5. The van der Waals surface area contributed by atoms with Crippen LogP contribution in [0.2, 0.25) is 0 Å². The van der Waals surface area contributed by atoms with Crippen molar-refractivity contribution in [3.63, 3.8) is 0 Å². The number of methoxy groups -OCH3 is 2. The van der Waals surface area contributed by atoms with Crippen molar-refractivity contribution in [2.45, 2.75) is 13.1 Å². The molecule has 0 spiro atoms. The van der Waals surface area contributed by atoms with Gasteiger partial charge >= 0.3 is 0 Å². The Hall–Kier alpha value is -4.13. The molecule has 0 N–H and O–H groups in total. The molecule has 6 nitrogen and oxygen atoms in total. The first kappa shape index (κ1) is 22.1. The van der Waals surface area contributed by atoms with Gasteiger partial charge in [0.05, 0.1) is 20.8 Å². The van der Waals surface area contributed by atoms with Gasteiger partial charge in [-0.3, -0.25) is 4.79 Å². The fraction of sp³-hybridized carbons (Fsp3) is 0.154. The number of ether oxygens (including phenoxy) is 2. The average Bonchev–Trinajstić information content (AvgIpc) is 3.33. The first-order valence-corrected chi connectivity index (χ1v) is 10.3. The second-order valence-electron chi connectivity index (χ2n) is 7.43. The van der Waals surface area contributed by atoms with E-state index in [9.17, 15) is 9.18 Å². The standard InChI is InChI=1S/C26H23FN2O4/c1-31-23-11-5-19(6-12-23)25-15-22(28-33-25)17-29(16-18-3-9-21(27)10-4-18)26(30)20-7-13-24(32-2)14-8-20/h3-15H,16-17H2,1-2H3. The number of benzene rings is 3. The lowest BCUT2D eigenvalue weighted by atomic mass is 10.1. The van der Waals surface area contributed by atoms with Gasteiger partial charge in [0.1, 0.15) is 23.0 Å². The second kappa shape index (κ2) is 9.99. The molecule has 0 fully saturated rings. The summed E-state index contributed by atoms with van der Waals surface area (Å²) in [5.74, 6) is 1.49. The third-order valence-electron chi connectivity index (χ3n) is 5.20. The topological polar surface area (TPSA) is 64.8 Å². The maximum atomic E-state index is 13.4. The van der Waals surface area contributed by atoms with Crippen LogP contribution in [0.15, 0.2) is 83.4 Å². The summed E-state index contributed by atoms with van der Waals surface area (Å²) in [6.07, 6.45) is 0. The van der Waals surface area contributed by atoms with Crippen LogP contribution in [-0.2, 0) is 13.1 Å². The molecule has 168 valence electrons. The highest BCUT2D eigenvalue weighted by molar-refractivity contribution is 5.94. The van der Waals surface area contributed by atoms with Crippen LogP contribution < -0.4 is 9.47 Å². The van der Waals surface area contributed by atoms with Gasteiger partial charge in [-0.2, -0.15) is 0 Å². The molecule has 0 bridgehead atoms. The molecule has 0 saturated heterocycles. The Balaban J connectivity index is 1.57. The van der Waals surface area contributed by atoms with Crippen molar-refractivity contribution >= 4 is 5.91 Å². The van der Waals surface area contributed by atoms with E-state index >= 15 is 0 Å². The smallest absolute Gasteiger partial charge is 0.254 e. The van der Waals surface area contributed by atoms with Crippen molar-refractivity contribution < 1.29 is 23.2 Å². The van der Waals surface area contributed by atoms with Crippen molar-refractivity contribution in [3.8, 4) is 22.8 Å². The molecule has 0 radical (unpaired) electrons. The number of carbonyl (C=O) groups excluding carboxylic acids is 1. The van der Waals surface area contributed by atoms with E-state index in [0.717, 1.165) is 16.9 Å². The monoisotopic (exact) mass is 446 g/mol. The Morgan fingerprint density at radius 1 is 0.879 bits per heavy atom. The van der Waals surface area contributed by atoms with Crippen molar-refractivity contribution in [2.24, 2.45) is 0 Å². The molecule has 4 rings (SSSR count). The highest BCUT2D eigenvalue weighted by Gasteiger charge is 2.19. The molecule has 1 aromatic heterocycles. The van der Waals surface area contributed by atoms with E-state index in [1.165, 1.54) is 12.1 Å². The molecular formula is C26H23FN2O4. The van der Waals surface area contributed by atoms with E-state index in [-0.39, 0.29) is 24.8 Å². The number of hydrogen-bond donors (Lipinski definition) is 0.